The van der Waals surface area contributed by atoms with Gasteiger partial charge in [-0.1, -0.05) is 19.8 Å². The standard InChI is InChI=1S/C23H37N5O3/c1-4-12-23(13-14-23)27(2)22(29)30-16-20(28(3)25)21(24)19-11-10-18(15-26-19)31-17-8-6-5-7-9-17/h10-11,15,17H,4-9,12-14,16,24-25H2,1-3H3/b21-20-. The molecule has 2 aliphatic rings. The monoisotopic (exact) mass is 431 g/mol. The topological polar surface area (TPSA) is 107 Å². The molecule has 31 heavy (non-hydrogen) atoms. The van der Waals surface area contributed by atoms with Gasteiger partial charge in [0, 0.05) is 19.6 Å². The summed E-state index contributed by atoms with van der Waals surface area (Å²) in [4.78, 5) is 18.7. The summed E-state index contributed by atoms with van der Waals surface area (Å²) in [6.07, 6.45) is 11.5. The third-order valence-corrected chi connectivity index (χ3v) is 6.46. The predicted octanol–water partition coefficient (Wildman–Crippen LogP) is 3.63. The first-order valence-corrected chi connectivity index (χ1v) is 11.4. The molecule has 1 heterocycles. The van der Waals surface area contributed by atoms with Crippen LogP contribution in [-0.2, 0) is 4.74 Å². The van der Waals surface area contributed by atoms with Crippen molar-refractivity contribution in [3.63, 3.8) is 0 Å². The number of hydrazine groups is 1. The Morgan fingerprint density at radius 2 is 1.94 bits per heavy atom. The smallest absolute Gasteiger partial charge is 0.410 e. The summed E-state index contributed by atoms with van der Waals surface area (Å²) in [5, 5.41) is 1.37. The molecule has 2 fully saturated rings. The number of nitrogens with two attached hydrogens (primary N) is 2. The van der Waals surface area contributed by atoms with Gasteiger partial charge >= 0.3 is 6.09 Å². The second-order valence-electron chi connectivity index (χ2n) is 8.82. The van der Waals surface area contributed by atoms with Crippen LogP contribution < -0.4 is 16.3 Å². The SMILES string of the molecule is CCCC1(N(C)C(=O)OC/C(=C(/N)c2ccc(OC3CCCCC3)cn2)N(C)N)CC1. The van der Waals surface area contributed by atoms with Gasteiger partial charge in [-0.3, -0.25) is 4.98 Å². The number of aromatic nitrogens is 1. The van der Waals surface area contributed by atoms with Crippen molar-refractivity contribution in [2.24, 2.45) is 11.6 Å². The van der Waals surface area contributed by atoms with Gasteiger partial charge in [0.1, 0.15) is 12.4 Å². The van der Waals surface area contributed by atoms with Crippen LogP contribution in [0.2, 0.25) is 0 Å². The van der Waals surface area contributed by atoms with Gasteiger partial charge in [0.25, 0.3) is 0 Å². The molecule has 8 heteroatoms. The van der Waals surface area contributed by atoms with Crippen LogP contribution in [-0.4, -0.2) is 53.3 Å². The van der Waals surface area contributed by atoms with E-state index in [9.17, 15) is 4.79 Å². The number of rotatable bonds is 9. The zero-order valence-electron chi connectivity index (χ0n) is 19.1. The summed E-state index contributed by atoms with van der Waals surface area (Å²) in [7, 11) is 3.47. The summed E-state index contributed by atoms with van der Waals surface area (Å²) in [6, 6.07) is 3.69. The molecule has 1 aromatic heterocycles. The van der Waals surface area contributed by atoms with Gasteiger partial charge in [0.05, 0.1) is 29.4 Å². The van der Waals surface area contributed by atoms with Crippen LogP contribution in [0, 0.1) is 0 Å². The summed E-state index contributed by atoms with van der Waals surface area (Å²) < 4.78 is 11.6. The second-order valence-corrected chi connectivity index (χ2v) is 8.82. The Kier molecular flexibility index (Phi) is 7.64. The van der Waals surface area contributed by atoms with Gasteiger partial charge in [0.15, 0.2) is 0 Å². The quantitative estimate of drug-likeness (QED) is 0.454. The maximum Gasteiger partial charge on any atom is 0.410 e. The molecule has 0 spiro atoms. The molecule has 4 N–H and O–H groups in total. The Bertz CT molecular complexity index is 768. The van der Waals surface area contributed by atoms with Gasteiger partial charge in [0.2, 0.25) is 0 Å². The first-order chi connectivity index (χ1) is 14.9. The number of pyridine rings is 1. The number of hydrogen-bond donors (Lipinski definition) is 2. The van der Waals surface area contributed by atoms with Gasteiger partial charge < -0.3 is 25.1 Å². The van der Waals surface area contributed by atoms with E-state index >= 15 is 0 Å². The summed E-state index contributed by atoms with van der Waals surface area (Å²) >= 11 is 0. The number of hydrogen-bond acceptors (Lipinski definition) is 7. The molecular formula is C23H37N5O3. The molecule has 172 valence electrons. The highest BCUT2D eigenvalue weighted by molar-refractivity contribution is 5.70. The van der Waals surface area contributed by atoms with Crippen molar-refractivity contribution < 1.29 is 14.3 Å². The fourth-order valence-corrected chi connectivity index (χ4v) is 4.29. The molecule has 8 nitrogen and oxygen atoms in total. The summed E-state index contributed by atoms with van der Waals surface area (Å²) in [5.74, 6) is 6.72. The van der Waals surface area contributed by atoms with E-state index in [4.69, 9.17) is 21.1 Å². The second kappa shape index (κ2) is 10.2. The highest BCUT2D eigenvalue weighted by Crippen LogP contribution is 2.45. The highest BCUT2D eigenvalue weighted by atomic mass is 16.6. The Balaban J connectivity index is 1.63. The zero-order valence-corrected chi connectivity index (χ0v) is 19.1. The number of carbonyl (C=O) groups is 1. The van der Waals surface area contributed by atoms with Gasteiger partial charge in [-0.15, -0.1) is 0 Å². The van der Waals surface area contributed by atoms with Crippen LogP contribution in [0.25, 0.3) is 5.70 Å². The Labute approximate surface area is 185 Å². The van der Waals surface area contributed by atoms with Crippen LogP contribution in [0.3, 0.4) is 0 Å². The van der Waals surface area contributed by atoms with Gasteiger partial charge in [-0.25, -0.2) is 10.6 Å². The molecule has 1 amide bonds. The first kappa shape index (κ1) is 23.2. The van der Waals surface area contributed by atoms with E-state index in [2.05, 4.69) is 11.9 Å². The lowest BCUT2D eigenvalue weighted by molar-refractivity contribution is 0.0920. The molecule has 2 saturated carbocycles. The highest BCUT2D eigenvalue weighted by Gasteiger charge is 2.48. The molecule has 0 bridgehead atoms. The Morgan fingerprint density at radius 3 is 2.48 bits per heavy atom. The number of carbonyl (C=O) groups excluding carboxylic acids is 1. The van der Waals surface area contributed by atoms with Crippen LogP contribution in [0.4, 0.5) is 4.79 Å². The van der Waals surface area contributed by atoms with E-state index in [1.54, 1.807) is 25.2 Å². The molecular weight excluding hydrogens is 394 g/mol. The summed E-state index contributed by atoms with van der Waals surface area (Å²) in [5.41, 5.74) is 7.72. The van der Waals surface area contributed by atoms with Crippen molar-refractivity contribution in [2.45, 2.75) is 76.4 Å². The fraction of sp³-hybridized carbons (Fsp3) is 0.652. The number of nitrogens with zero attached hydrogens (tertiary/aromatic N) is 3. The van der Waals surface area contributed by atoms with Crippen LogP contribution in [0.5, 0.6) is 5.75 Å². The number of likely N-dealkylation sites (N-methyl/N-ethyl adjacent to an activating group) is 1. The predicted molar refractivity (Wildman–Crippen MR) is 121 cm³/mol. The van der Waals surface area contributed by atoms with E-state index in [1.165, 1.54) is 24.3 Å². The molecule has 0 saturated heterocycles. The summed E-state index contributed by atoms with van der Waals surface area (Å²) in [6.45, 7) is 2.11. The molecule has 0 unspecified atom stereocenters. The average Bonchev–Trinajstić information content (AvgIpc) is 3.55. The molecule has 3 rings (SSSR count). The zero-order chi connectivity index (χ0) is 22.4. The maximum atomic E-state index is 12.6. The van der Waals surface area contributed by atoms with Crippen LogP contribution in [0.15, 0.2) is 24.0 Å². The molecule has 2 aliphatic carbocycles. The van der Waals surface area contributed by atoms with Crippen molar-refractivity contribution in [2.75, 3.05) is 20.7 Å². The molecule has 1 aromatic rings. The van der Waals surface area contributed by atoms with Crippen molar-refractivity contribution in [3.8, 4) is 5.75 Å². The van der Waals surface area contributed by atoms with Crippen molar-refractivity contribution >= 4 is 11.8 Å². The third kappa shape index (κ3) is 5.81. The van der Waals surface area contributed by atoms with E-state index in [0.29, 0.717) is 17.1 Å². The minimum Gasteiger partial charge on any atom is -0.489 e. The molecule has 0 radical (unpaired) electrons. The van der Waals surface area contributed by atoms with Crippen LogP contribution in [0.1, 0.15) is 70.4 Å². The van der Waals surface area contributed by atoms with Crippen molar-refractivity contribution in [1.29, 1.82) is 0 Å². The minimum atomic E-state index is -0.359. The van der Waals surface area contributed by atoms with Gasteiger partial charge in [-0.2, -0.15) is 0 Å². The maximum absolute atomic E-state index is 12.6. The van der Waals surface area contributed by atoms with E-state index in [0.717, 1.165) is 44.3 Å². The largest absolute Gasteiger partial charge is 0.489 e. The van der Waals surface area contributed by atoms with E-state index in [1.807, 2.05) is 12.1 Å². The minimum absolute atomic E-state index is 0.0216. The normalized spacial score (nSPS) is 18.7. The number of amides is 1. The lowest BCUT2D eigenvalue weighted by Gasteiger charge is -2.28. The number of ether oxygens (including phenoxy) is 2. The molecule has 0 aromatic carbocycles. The molecule has 0 atom stereocenters. The lowest BCUT2D eigenvalue weighted by atomic mass is 9.98. The van der Waals surface area contributed by atoms with E-state index < -0.39 is 0 Å². The Morgan fingerprint density at radius 1 is 1.23 bits per heavy atom. The van der Waals surface area contributed by atoms with Crippen molar-refractivity contribution in [3.05, 3.63) is 29.7 Å². The fourth-order valence-electron chi connectivity index (χ4n) is 4.29. The third-order valence-electron chi connectivity index (χ3n) is 6.46. The van der Waals surface area contributed by atoms with Crippen LogP contribution >= 0.6 is 0 Å². The lowest BCUT2D eigenvalue weighted by Crippen LogP contribution is -2.40. The van der Waals surface area contributed by atoms with Crippen molar-refractivity contribution in [1.82, 2.24) is 14.9 Å². The average molecular weight is 432 g/mol. The Hall–Kier alpha value is -2.48. The molecule has 0 aliphatic heterocycles. The van der Waals surface area contributed by atoms with Gasteiger partial charge in [-0.05, 0) is 57.1 Å². The first-order valence-electron chi connectivity index (χ1n) is 11.4. The van der Waals surface area contributed by atoms with E-state index in [-0.39, 0.29) is 24.3 Å².